The molecule has 0 saturated carbocycles. The molecule has 0 radical (unpaired) electrons. The van der Waals surface area contributed by atoms with Crippen molar-refractivity contribution in [3.05, 3.63) is 40.3 Å². The van der Waals surface area contributed by atoms with Crippen LogP contribution >= 0.6 is 0 Å². The van der Waals surface area contributed by atoms with Crippen molar-refractivity contribution in [3.63, 3.8) is 0 Å². The minimum absolute atomic E-state index is 0.190. The van der Waals surface area contributed by atoms with Gasteiger partial charge in [0.25, 0.3) is 0 Å². The first-order valence-electron chi connectivity index (χ1n) is 6.80. The Morgan fingerprint density at radius 1 is 1.32 bits per heavy atom. The molecular weight excluding hydrogens is 286 g/mol. The Morgan fingerprint density at radius 2 is 1.91 bits per heavy atom. The number of carbonyl (C=O) groups excluding carboxylic acids is 1. The molecule has 1 aromatic carbocycles. The summed E-state index contributed by atoms with van der Waals surface area (Å²) in [5, 5.41) is 12.7. The van der Waals surface area contributed by atoms with E-state index in [2.05, 4.69) is 10.0 Å². The highest BCUT2D eigenvalue weighted by Gasteiger charge is 2.25. The molecule has 1 N–H and O–H groups in total. The van der Waals surface area contributed by atoms with Crippen molar-refractivity contribution in [1.29, 1.82) is 0 Å². The van der Waals surface area contributed by atoms with Crippen LogP contribution in [-0.2, 0) is 20.7 Å². The molecule has 0 aliphatic heterocycles. The van der Waals surface area contributed by atoms with E-state index < -0.39 is 23.5 Å². The maximum Gasteiger partial charge on any atom is 0.307 e. The fourth-order valence-electron chi connectivity index (χ4n) is 1.87. The molecule has 0 amide bonds. The van der Waals surface area contributed by atoms with Crippen LogP contribution in [0.15, 0.2) is 29.4 Å². The molecule has 118 valence electrons. The summed E-state index contributed by atoms with van der Waals surface area (Å²) in [4.78, 5) is 25.7. The van der Waals surface area contributed by atoms with Crippen LogP contribution < -0.4 is 0 Å². The summed E-state index contributed by atoms with van der Waals surface area (Å²) in [5.41, 5.74) is 8.88. The zero-order chi connectivity index (χ0) is 16.8. The van der Waals surface area contributed by atoms with Crippen molar-refractivity contribution < 1.29 is 19.4 Å². The number of carboxylic acids is 1. The lowest BCUT2D eigenvalue weighted by Crippen LogP contribution is -2.28. The lowest BCUT2D eigenvalue weighted by molar-refractivity contribution is -0.159. The van der Waals surface area contributed by atoms with E-state index >= 15 is 0 Å². The Hall–Kier alpha value is -2.53. The van der Waals surface area contributed by atoms with Crippen LogP contribution in [-0.4, -0.2) is 22.6 Å². The number of hydrogen-bond donors (Lipinski definition) is 1. The van der Waals surface area contributed by atoms with Crippen molar-refractivity contribution in [1.82, 2.24) is 0 Å². The topological polar surface area (TPSA) is 112 Å². The highest BCUT2D eigenvalue weighted by atomic mass is 16.6. The van der Waals surface area contributed by atoms with Gasteiger partial charge in [-0.3, -0.25) is 9.59 Å². The van der Waals surface area contributed by atoms with Gasteiger partial charge in [-0.05, 0) is 38.3 Å². The maximum atomic E-state index is 11.8. The van der Waals surface area contributed by atoms with Crippen LogP contribution in [0, 0.1) is 5.92 Å². The third-order valence-corrected chi connectivity index (χ3v) is 2.76. The molecule has 0 aromatic heterocycles. The second-order valence-corrected chi connectivity index (χ2v) is 5.89. The van der Waals surface area contributed by atoms with Crippen LogP contribution in [0.5, 0.6) is 0 Å². The predicted octanol–water partition coefficient (Wildman–Crippen LogP) is 3.60. The lowest BCUT2D eigenvalue weighted by atomic mass is 9.96. The van der Waals surface area contributed by atoms with E-state index in [1.54, 1.807) is 45.0 Å². The van der Waals surface area contributed by atoms with E-state index in [1.165, 1.54) is 0 Å². The molecule has 22 heavy (non-hydrogen) atoms. The zero-order valence-electron chi connectivity index (χ0n) is 12.8. The van der Waals surface area contributed by atoms with Gasteiger partial charge < -0.3 is 9.84 Å². The quantitative estimate of drug-likeness (QED) is 0.374. The number of carboxylic acid groups (broad SMARTS) is 1. The fourth-order valence-corrected chi connectivity index (χ4v) is 1.87. The van der Waals surface area contributed by atoms with E-state index in [0.29, 0.717) is 5.69 Å². The first kappa shape index (κ1) is 17.5. The van der Waals surface area contributed by atoms with Crippen molar-refractivity contribution >= 4 is 17.6 Å². The lowest BCUT2D eigenvalue weighted by Gasteiger charge is -2.21. The molecule has 1 rings (SSSR count). The fraction of sp³-hybridized carbons (Fsp3) is 0.467. The second-order valence-electron chi connectivity index (χ2n) is 5.89. The van der Waals surface area contributed by atoms with Crippen molar-refractivity contribution in [2.75, 3.05) is 0 Å². The summed E-state index contributed by atoms with van der Waals surface area (Å²) >= 11 is 0. The van der Waals surface area contributed by atoms with Gasteiger partial charge in [-0.25, -0.2) is 0 Å². The summed E-state index contributed by atoms with van der Waals surface area (Å²) in [6, 6.07) is 6.55. The van der Waals surface area contributed by atoms with Gasteiger partial charge in [0.1, 0.15) is 5.60 Å². The average molecular weight is 305 g/mol. The van der Waals surface area contributed by atoms with E-state index in [1.807, 2.05) is 0 Å². The zero-order valence-corrected chi connectivity index (χ0v) is 12.8. The molecule has 0 fully saturated rings. The predicted molar refractivity (Wildman–Crippen MR) is 80.5 cm³/mol. The normalized spacial score (nSPS) is 12.1. The van der Waals surface area contributed by atoms with Gasteiger partial charge in [-0.15, -0.1) is 0 Å². The van der Waals surface area contributed by atoms with Gasteiger partial charge in [-0.2, -0.15) is 0 Å². The number of ether oxygens (including phenoxy) is 1. The van der Waals surface area contributed by atoms with Crippen LogP contribution in [0.1, 0.15) is 32.8 Å². The number of aliphatic carboxylic acids is 1. The first-order valence-corrected chi connectivity index (χ1v) is 6.80. The highest BCUT2D eigenvalue weighted by Crippen LogP contribution is 2.19. The van der Waals surface area contributed by atoms with Crippen molar-refractivity contribution in [3.8, 4) is 0 Å². The minimum Gasteiger partial charge on any atom is -0.481 e. The van der Waals surface area contributed by atoms with Crippen LogP contribution in [0.2, 0.25) is 0 Å². The van der Waals surface area contributed by atoms with Crippen molar-refractivity contribution in [2.45, 2.75) is 39.2 Å². The number of azide groups is 1. The number of carbonyl (C=O) groups is 2. The Balaban J connectivity index is 2.74. The molecule has 0 aliphatic carbocycles. The largest absolute Gasteiger partial charge is 0.481 e. The van der Waals surface area contributed by atoms with Gasteiger partial charge in [0.15, 0.2) is 0 Å². The molecule has 0 saturated heterocycles. The molecule has 0 spiro atoms. The van der Waals surface area contributed by atoms with Crippen LogP contribution in [0.4, 0.5) is 5.69 Å². The van der Waals surface area contributed by atoms with Crippen LogP contribution in [0.25, 0.3) is 10.4 Å². The number of nitrogens with zero attached hydrogens (tertiary/aromatic N) is 3. The summed E-state index contributed by atoms with van der Waals surface area (Å²) in [6.45, 7) is 5.19. The summed E-state index contributed by atoms with van der Waals surface area (Å²) < 4.78 is 5.15. The summed E-state index contributed by atoms with van der Waals surface area (Å²) in [6.07, 6.45) is 0.00975. The Labute approximate surface area is 128 Å². The van der Waals surface area contributed by atoms with Gasteiger partial charge >= 0.3 is 11.9 Å². The molecule has 0 bridgehead atoms. The third kappa shape index (κ3) is 6.28. The molecule has 1 atom stereocenters. The van der Waals surface area contributed by atoms with E-state index in [-0.39, 0.29) is 12.8 Å². The minimum atomic E-state index is -1.05. The summed E-state index contributed by atoms with van der Waals surface area (Å²) in [7, 11) is 0. The van der Waals surface area contributed by atoms with E-state index in [4.69, 9.17) is 10.3 Å². The van der Waals surface area contributed by atoms with E-state index in [9.17, 15) is 14.7 Å². The number of rotatable bonds is 6. The molecular formula is C15H19N3O4. The molecule has 7 heteroatoms. The average Bonchev–Trinajstić information content (AvgIpc) is 2.38. The van der Waals surface area contributed by atoms with Gasteiger partial charge in [-0.1, -0.05) is 29.4 Å². The molecule has 7 nitrogen and oxygen atoms in total. The molecule has 0 unspecified atom stereocenters. The Morgan fingerprint density at radius 3 is 2.36 bits per heavy atom. The standard InChI is InChI=1S/C15H19N3O4/c1-15(2,3)22-13(19)9-11(14(20)21)8-10-4-6-12(7-5-10)17-18-16/h4-7,11H,8-9H2,1-3H3,(H,20,21)/t11-/m1/s1. The molecule has 1 aromatic rings. The van der Waals surface area contributed by atoms with Crippen molar-refractivity contribution in [2.24, 2.45) is 11.0 Å². The Kier molecular flexibility index (Phi) is 5.95. The number of esters is 1. The number of benzene rings is 1. The second kappa shape index (κ2) is 7.47. The van der Waals surface area contributed by atoms with E-state index in [0.717, 1.165) is 5.56 Å². The third-order valence-electron chi connectivity index (χ3n) is 2.76. The van der Waals surface area contributed by atoms with Crippen LogP contribution in [0.3, 0.4) is 0 Å². The number of hydrogen-bond acceptors (Lipinski definition) is 4. The highest BCUT2D eigenvalue weighted by molar-refractivity contribution is 5.79. The van der Waals surface area contributed by atoms with Gasteiger partial charge in [0.05, 0.1) is 12.3 Å². The van der Waals surface area contributed by atoms with Gasteiger partial charge in [0.2, 0.25) is 0 Å². The SMILES string of the molecule is CC(C)(C)OC(=O)C[C@@H](Cc1ccc(N=[N+]=[N-])cc1)C(=O)O. The monoisotopic (exact) mass is 305 g/mol. The molecule has 0 heterocycles. The molecule has 0 aliphatic rings. The Bertz CT molecular complexity index is 584. The first-order chi connectivity index (χ1) is 10.2. The maximum absolute atomic E-state index is 11.8. The van der Waals surface area contributed by atoms with Gasteiger partial charge in [0, 0.05) is 10.6 Å². The smallest absolute Gasteiger partial charge is 0.307 e. The summed E-state index contributed by atoms with van der Waals surface area (Å²) in [5.74, 6) is -2.45.